The molecule has 2 aromatic rings. The summed E-state index contributed by atoms with van der Waals surface area (Å²) in [5, 5.41) is 0.611. The van der Waals surface area contributed by atoms with E-state index >= 15 is 0 Å². The van der Waals surface area contributed by atoms with Gasteiger partial charge < -0.3 is 0 Å². The summed E-state index contributed by atoms with van der Waals surface area (Å²) in [6.45, 7) is 0. The van der Waals surface area contributed by atoms with E-state index in [0.29, 0.717) is 21.7 Å². The molecule has 0 bridgehead atoms. The van der Waals surface area contributed by atoms with Crippen LogP contribution in [0.4, 0.5) is 0 Å². The van der Waals surface area contributed by atoms with Gasteiger partial charge in [0.1, 0.15) is 5.92 Å². The largest absolute Gasteiger partial charge is 0.293 e. The molecule has 3 rings (SSSR count). The van der Waals surface area contributed by atoms with E-state index in [1.165, 1.54) is 0 Å². The molecule has 0 aliphatic heterocycles. The molecule has 0 atom stereocenters. The van der Waals surface area contributed by atoms with E-state index in [1.807, 2.05) is 0 Å². The van der Waals surface area contributed by atoms with Crippen LogP contribution in [0, 0.1) is 0 Å². The zero-order valence-corrected chi connectivity index (χ0v) is 11.2. The minimum Gasteiger partial charge on any atom is -0.293 e. The monoisotopic (exact) mass is 290 g/mol. The van der Waals surface area contributed by atoms with E-state index in [-0.39, 0.29) is 16.6 Å². The Labute approximate surface area is 120 Å². The first kappa shape index (κ1) is 12.4. The first-order chi connectivity index (χ1) is 9.11. The number of hydrogen-bond donors (Lipinski definition) is 0. The summed E-state index contributed by atoms with van der Waals surface area (Å²) in [6.07, 6.45) is 0. The third-order valence-electron chi connectivity index (χ3n) is 3.27. The van der Waals surface area contributed by atoms with Gasteiger partial charge in [-0.1, -0.05) is 59.6 Å². The molecule has 0 heterocycles. The van der Waals surface area contributed by atoms with Gasteiger partial charge in [-0.3, -0.25) is 9.59 Å². The third kappa shape index (κ3) is 1.79. The number of carbonyl (C=O) groups excluding carboxylic acids is 2. The van der Waals surface area contributed by atoms with Crippen molar-refractivity contribution in [1.82, 2.24) is 0 Å². The van der Waals surface area contributed by atoms with Crippen LogP contribution < -0.4 is 0 Å². The summed E-state index contributed by atoms with van der Waals surface area (Å²) < 4.78 is 0. The first-order valence-corrected chi connectivity index (χ1v) is 6.48. The first-order valence-electron chi connectivity index (χ1n) is 5.72. The van der Waals surface area contributed by atoms with E-state index in [1.54, 1.807) is 42.5 Å². The summed E-state index contributed by atoms with van der Waals surface area (Å²) in [7, 11) is 0. The molecule has 1 aliphatic rings. The summed E-state index contributed by atoms with van der Waals surface area (Å²) in [5.74, 6) is -1.31. The van der Waals surface area contributed by atoms with E-state index in [0.717, 1.165) is 0 Å². The molecule has 94 valence electrons. The smallest absolute Gasteiger partial charge is 0.178 e. The van der Waals surface area contributed by atoms with Gasteiger partial charge in [0.2, 0.25) is 0 Å². The molecule has 0 aromatic heterocycles. The van der Waals surface area contributed by atoms with Crippen molar-refractivity contribution in [2.75, 3.05) is 0 Å². The van der Waals surface area contributed by atoms with Crippen molar-refractivity contribution in [3.05, 3.63) is 69.2 Å². The van der Waals surface area contributed by atoms with Gasteiger partial charge in [-0.2, -0.15) is 0 Å². The maximum atomic E-state index is 12.3. The van der Waals surface area contributed by atoms with Crippen molar-refractivity contribution < 1.29 is 9.59 Å². The lowest BCUT2D eigenvalue weighted by Crippen LogP contribution is -2.13. The van der Waals surface area contributed by atoms with Gasteiger partial charge in [0.05, 0.1) is 10.0 Å². The molecule has 1 aliphatic carbocycles. The Morgan fingerprint density at radius 1 is 0.789 bits per heavy atom. The van der Waals surface area contributed by atoms with E-state index in [4.69, 9.17) is 23.2 Å². The SMILES string of the molecule is O=C1c2ccccc2C(=O)C1c1cccc(Cl)c1Cl. The molecular weight excluding hydrogens is 283 g/mol. The normalized spacial score (nSPS) is 14.8. The fraction of sp³-hybridized carbons (Fsp3) is 0.0667. The lowest BCUT2D eigenvalue weighted by Gasteiger charge is -2.10. The number of halogens is 2. The number of fused-ring (bicyclic) bond motifs is 1. The van der Waals surface area contributed by atoms with Crippen molar-refractivity contribution >= 4 is 34.8 Å². The van der Waals surface area contributed by atoms with E-state index in [2.05, 4.69) is 0 Å². The quantitative estimate of drug-likeness (QED) is 0.739. The molecule has 0 spiro atoms. The maximum Gasteiger partial charge on any atom is 0.178 e. The fourth-order valence-corrected chi connectivity index (χ4v) is 2.79. The van der Waals surface area contributed by atoms with Gasteiger partial charge in [0.25, 0.3) is 0 Å². The van der Waals surface area contributed by atoms with Crippen molar-refractivity contribution in [3.8, 4) is 0 Å². The highest BCUT2D eigenvalue weighted by Crippen LogP contribution is 2.39. The van der Waals surface area contributed by atoms with Gasteiger partial charge in [-0.05, 0) is 11.6 Å². The Kier molecular flexibility index (Phi) is 2.92. The molecule has 0 saturated heterocycles. The number of carbonyl (C=O) groups is 2. The van der Waals surface area contributed by atoms with Crippen molar-refractivity contribution in [2.45, 2.75) is 5.92 Å². The minimum atomic E-state index is -0.872. The number of Topliss-reactive ketones (excluding diaryl/α,β-unsaturated/α-hetero) is 2. The van der Waals surface area contributed by atoms with Gasteiger partial charge in [0.15, 0.2) is 11.6 Å². The summed E-state index contributed by atoms with van der Waals surface area (Å²) >= 11 is 12.1. The van der Waals surface area contributed by atoms with E-state index in [9.17, 15) is 9.59 Å². The molecule has 0 amide bonds. The molecule has 19 heavy (non-hydrogen) atoms. The van der Waals surface area contributed by atoms with E-state index < -0.39 is 5.92 Å². The highest BCUT2D eigenvalue weighted by atomic mass is 35.5. The molecule has 2 nitrogen and oxygen atoms in total. The van der Waals surface area contributed by atoms with Crippen LogP contribution in [-0.2, 0) is 0 Å². The van der Waals surface area contributed by atoms with Crippen LogP contribution in [0.2, 0.25) is 10.0 Å². The van der Waals surface area contributed by atoms with Crippen molar-refractivity contribution in [3.63, 3.8) is 0 Å². The van der Waals surface area contributed by atoms with Crippen LogP contribution in [0.5, 0.6) is 0 Å². The second kappa shape index (κ2) is 4.48. The van der Waals surface area contributed by atoms with Crippen molar-refractivity contribution in [1.29, 1.82) is 0 Å². The van der Waals surface area contributed by atoms with Gasteiger partial charge >= 0.3 is 0 Å². The predicted molar refractivity (Wildman–Crippen MR) is 74.3 cm³/mol. The highest BCUT2D eigenvalue weighted by Gasteiger charge is 2.40. The van der Waals surface area contributed by atoms with Crippen LogP contribution in [0.15, 0.2) is 42.5 Å². The average molecular weight is 291 g/mol. The average Bonchev–Trinajstić information content (AvgIpc) is 2.67. The van der Waals surface area contributed by atoms with Crippen LogP contribution in [0.1, 0.15) is 32.2 Å². The van der Waals surface area contributed by atoms with Crippen LogP contribution in [0.3, 0.4) is 0 Å². The van der Waals surface area contributed by atoms with Gasteiger partial charge in [-0.25, -0.2) is 0 Å². The van der Waals surface area contributed by atoms with Crippen molar-refractivity contribution in [2.24, 2.45) is 0 Å². The Balaban J connectivity index is 2.17. The Morgan fingerprint density at radius 2 is 1.37 bits per heavy atom. The molecular formula is C15H8Cl2O2. The molecule has 2 aromatic carbocycles. The molecule has 0 radical (unpaired) electrons. The predicted octanol–water partition coefficient (Wildman–Crippen LogP) is 4.16. The minimum absolute atomic E-state index is 0.218. The lowest BCUT2D eigenvalue weighted by atomic mass is 9.94. The number of benzene rings is 2. The zero-order chi connectivity index (χ0) is 13.6. The second-order valence-corrected chi connectivity index (χ2v) is 5.14. The number of ketones is 2. The van der Waals surface area contributed by atoms with Gasteiger partial charge in [-0.15, -0.1) is 0 Å². The second-order valence-electron chi connectivity index (χ2n) is 4.35. The Bertz CT molecular complexity index is 672. The molecule has 4 heteroatoms. The van der Waals surface area contributed by atoms with Crippen LogP contribution in [0.25, 0.3) is 0 Å². The van der Waals surface area contributed by atoms with Crippen LogP contribution >= 0.6 is 23.2 Å². The maximum absolute atomic E-state index is 12.3. The molecule has 0 unspecified atom stereocenters. The molecule has 0 N–H and O–H groups in total. The molecule has 0 fully saturated rings. The summed E-state index contributed by atoms with van der Waals surface area (Å²) in [4.78, 5) is 24.7. The standard InChI is InChI=1S/C15H8Cl2O2/c16-11-7-3-6-10(13(11)17)12-14(18)8-4-1-2-5-9(8)15(12)19/h1-7,12H. The lowest BCUT2D eigenvalue weighted by molar-refractivity contribution is 0.0890. The number of rotatable bonds is 1. The Morgan fingerprint density at radius 3 is 1.95 bits per heavy atom. The summed E-state index contributed by atoms with van der Waals surface area (Å²) in [6, 6.07) is 11.8. The topological polar surface area (TPSA) is 34.1 Å². The summed E-state index contributed by atoms with van der Waals surface area (Å²) in [5.41, 5.74) is 1.38. The van der Waals surface area contributed by atoms with Crippen LogP contribution in [-0.4, -0.2) is 11.6 Å². The molecule has 0 saturated carbocycles. The zero-order valence-electron chi connectivity index (χ0n) is 9.69. The number of hydrogen-bond acceptors (Lipinski definition) is 2. The fourth-order valence-electron chi connectivity index (χ4n) is 2.37. The third-order valence-corrected chi connectivity index (χ3v) is 4.11. The Hall–Kier alpha value is -1.64. The highest BCUT2D eigenvalue weighted by molar-refractivity contribution is 6.43. The van der Waals surface area contributed by atoms with Gasteiger partial charge in [0, 0.05) is 11.1 Å².